The van der Waals surface area contributed by atoms with Crippen molar-refractivity contribution in [1.82, 2.24) is 5.32 Å². The number of rotatable bonds is 2. The Morgan fingerprint density at radius 2 is 1.43 bits per heavy atom. The van der Waals surface area contributed by atoms with Crippen molar-refractivity contribution >= 4 is 0 Å². The fraction of sp³-hybridized carbons (Fsp3) is 1.00. The second-order valence-electron chi connectivity index (χ2n) is 1.63. The third-order valence-electron chi connectivity index (χ3n) is 0.470. The number of nitrogens with two attached hydrogens (primary N) is 2. The summed E-state index contributed by atoms with van der Waals surface area (Å²) < 4.78 is 0. The van der Waals surface area contributed by atoms with Gasteiger partial charge in [-0.15, -0.1) is 0 Å². The monoisotopic (exact) mass is 102 g/mol. The molecule has 1 radical (unpaired) electrons. The molecule has 0 aromatic rings. The molecule has 0 amide bonds. The lowest BCUT2D eigenvalue weighted by Gasteiger charge is -2.07. The van der Waals surface area contributed by atoms with Crippen molar-refractivity contribution in [3.63, 3.8) is 0 Å². The first-order valence-electron chi connectivity index (χ1n) is 2.34. The van der Waals surface area contributed by atoms with Crippen LogP contribution in [0.4, 0.5) is 0 Å². The van der Waals surface area contributed by atoms with Crippen LogP contribution in [-0.4, -0.2) is 12.3 Å². The summed E-state index contributed by atoms with van der Waals surface area (Å²) in [6, 6.07) is 0. The number of hydrogen-bond acceptors (Lipinski definition) is 2. The van der Waals surface area contributed by atoms with Gasteiger partial charge in [-0.3, -0.25) is 0 Å². The molecule has 0 heterocycles. The Hall–Kier alpha value is -0.120. The zero-order valence-electron chi connectivity index (χ0n) is 4.76. The van der Waals surface area contributed by atoms with Gasteiger partial charge in [0.2, 0.25) is 0 Å². The molecule has 4 N–H and O–H groups in total. The highest BCUT2D eigenvalue weighted by atomic mass is 15.1. The molecule has 0 aliphatic heterocycles. The van der Waals surface area contributed by atoms with Gasteiger partial charge >= 0.3 is 0 Å². The van der Waals surface area contributed by atoms with Crippen LogP contribution >= 0.6 is 0 Å². The van der Waals surface area contributed by atoms with Crippen molar-refractivity contribution in [3.8, 4) is 0 Å². The maximum absolute atomic E-state index is 5.25. The van der Waals surface area contributed by atoms with Crippen LogP contribution in [0.3, 0.4) is 0 Å². The molecular weight excluding hydrogens is 90.1 g/mol. The van der Waals surface area contributed by atoms with Gasteiger partial charge < -0.3 is 11.5 Å². The third-order valence-corrected chi connectivity index (χ3v) is 0.470. The fourth-order valence-electron chi connectivity index (χ4n) is 0.371. The van der Waals surface area contributed by atoms with E-state index in [2.05, 4.69) is 5.32 Å². The van der Waals surface area contributed by atoms with Crippen LogP contribution in [0.1, 0.15) is 13.8 Å². The van der Waals surface area contributed by atoms with E-state index in [1.807, 2.05) is 0 Å². The van der Waals surface area contributed by atoms with Gasteiger partial charge in [0.25, 0.3) is 0 Å². The maximum Gasteiger partial charge on any atom is 0.0700 e. The van der Waals surface area contributed by atoms with Gasteiger partial charge in [-0.25, -0.2) is 5.32 Å². The zero-order chi connectivity index (χ0) is 5.86. The predicted molar refractivity (Wildman–Crippen MR) is 29.4 cm³/mol. The summed E-state index contributed by atoms with van der Waals surface area (Å²) in [6.07, 6.45) is -0.250. The topological polar surface area (TPSA) is 66.1 Å². The summed E-state index contributed by atoms with van der Waals surface area (Å²) in [7, 11) is 0. The Morgan fingerprint density at radius 1 is 1.14 bits per heavy atom. The van der Waals surface area contributed by atoms with Gasteiger partial charge in [0.05, 0.1) is 12.3 Å². The summed E-state index contributed by atoms with van der Waals surface area (Å²) in [5.74, 6) is 0. The fourth-order valence-corrected chi connectivity index (χ4v) is 0.371. The van der Waals surface area contributed by atoms with E-state index in [1.165, 1.54) is 0 Å². The molecular formula is C4H12N3. The van der Waals surface area contributed by atoms with E-state index >= 15 is 0 Å². The molecule has 0 bridgehead atoms. The minimum atomic E-state index is -0.125. The van der Waals surface area contributed by atoms with Crippen molar-refractivity contribution in [3.05, 3.63) is 0 Å². The quantitative estimate of drug-likeness (QED) is 0.479. The van der Waals surface area contributed by atoms with Crippen LogP contribution < -0.4 is 16.8 Å². The Labute approximate surface area is 44.1 Å². The van der Waals surface area contributed by atoms with Crippen molar-refractivity contribution in [2.75, 3.05) is 0 Å². The third kappa shape index (κ3) is 5.88. The lowest BCUT2D eigenvalue weighted by atomic mass is 10.5. The summed E-state index contributed by atoms with van der Waals surface area (Å²) in [4.78, 5) is 0. The lowest BCUT2D eigenvalue weighted by Crippen LogP contribution is -2.38. The molecule has 3 nitrogen and oxygen atoms in total. The minimum Gasteiger partial charge on any atom is -0.315 e. The Morgan fingerprint density at radius 3 is 1.43 bits per heavy atom. The largest absolute Gasteiger partial charge is 0.315 e. The first kappa shape index (κ1) is 6.88. The van der Waals surface area contributed by atoms with Gasteiger partial charge in [0.1, 0.15) is 0 Å². The Balaban J connectivity index is 2.95. The van der Waals surface area contributed by atoms with E-state index < -0.39 is 0 Å². The smallest absolute Gasteiger partial charge is 0.0700 e. The van der Waals surface area contributed by atoms with Crippen molar-refractivity contribution < 1.29 is 0 Å². The van der Waals surface area contributed by atoms with E-state index in [0.29, 0.717) is 0 Å². The normalized spacial score (nSPS) is 18.9. The van der Waals surface area contributed by atoms with Crippen LogP contribution in [0.25, 0.3) is 0 Å². The molecule has 0 saturated carbocycles. The minimum absolute atomic E-state index is 0.125. The second kappa shape index (κ2) is 2.96. The van der Waals surface area contributed by atoms with Gasteiger partial charge in [0, 0.05) is 0 Å². The van der Waals surface area contributed by atoms with E-state index in [4.69, 9.17) is 11.5 Å². The SMILES string of the molecule is CC(N)[N]C(C)N. The molecule has 7 heavy (non-hydrogen) atoms. The standard InChI is InChI=1S/C4H12N3/c1-3(5)7-4(2)6/h3-4H,5-6H2,1-2H3. The van der Waals surface area contributed by atoms with E-state index in [0.717, 1.165) is 0 Å². The van der Waals surface area contributed by atoms with E-state index in [-0.39, 0.29) is 12.3 Å². The Bertz CT molecular complexity index is 36.2. The highest BCUT2D eigenvalue weighted by Gasteiger charge is 1.95. The van der Waals surface area contributed by atoms with Crippen LogP contribution in [0.5, 0.6) is 0 Å². The number of hydrogen-bond donors (Lipinski definition) is 2. The molecule has 0 fully saturated rings. The van der Waals surface area contributed by atoms with Crippen molar-refractivity contribution in [2.24, 2.45) is 11.5 Å². The molecule has 3 heteroatoms. The van der Waals surface area contributed by atoms with Gasteiger partial charge in [0.15, 0.2) is 0 Å². The van der Waals surface area contributed by atoms with Crippen LogP contribution in [0.15, 0.2) is 0 Å². The highest BCUT2D eigenvalue weighted by molar-refractivity contribution is 4.52. The van der Waals surface area contributed by atoms with E-state index in [1.54, 1.807) is 13.8 Å². The maximum atomic E-state index is 5.25. The highest BCUT2D eigenvalue weighted by Crippen LogP contribution is 1.71. The summed E-state index contributed by atoms with van der Waals surface area (Å²) in [5.41, 5.74) is 10.5. The Kier molecular flexibility index (Phi) is 2.91. The van der Waals surface area contributed by atoms with Crippen LogP contribution in [0.2, 0.25) is 0 Å². The second-order valence-corrected chi connectivity index (χ2v) is 1.63. The molecule has 0 saturated heterocycles. The molecule has 2 unspecified atom stereocenters. The molecule has 0 aliphatic carbocycles. The van der Waals surface area contributed by atoms with Crippen LogP contribution in [0, 0.1) is 0 Å². The molecule has 0 aromatic carbocycles. The first-order valence-corrected chi connectivity index (χ1v) is 2.34. The van der Waals surface area contributed by atoms with Gasteiger partial charge in [-0.05, 0) is 13.8 Å². The molecule has 2 atom stereocenters. The molecule has 0 spiro atoms. The van der Waals surface area contributed by atoms with Crippen molar-refractivity contribution in [2.45, 2.75) is 26.2 Å². The predicted octanol–water partition coefficient (Wildman–Crippen LogP) is -0.800. The molecule has 43 valence electrons. The van der Waals surface area contributed by atoms with Gasteiger partial charge in [-0.2, -0.15) is 0 Å². The number of nitrogens with zero attached hydrogens (tertiary/aromatic N) is 1. The summed E-state index contributed by atoms with van der Waals surface area (Å²) >= 11 is 0. The first-order chi connectivity index (χ1) is 3.13. The van der Waals surface area contributed by atoms with Gasteiger partial charge in [-0.1, -0.05) is 0 Å². The summed E-state index contributed by atoms with van der Waals surface area (Å²) in [6.45, 7) is 3.59. The average Bonchev–Trinajstić information content (AvgIpc) is 1.27. The lowest BCUT2D eigenvalue weighted by molar-refractivity contribution is 0.475. The molecule has 0 aliphatic rings. The molecule has 0 rings (SSSR count). The average molecular weight is 102 g/mol. The van der Waals surface area contributed by atoms with E-state index in [9.17, 15) is 0 Å². The van der Waals surface area contributed by atoms with Crippen LogP contribution in [-0.2, 0) is 0 Å². The zero-order valence-corrected chi connectivity index (χ0v) is 4.76. The molecule has 0 aromatic heterocycles. The van der Waals surface area contributed by atoms with Crippen molar-refractivity contribution in [1.29, 1.82) is 0 Å². The summed E-state index contributed by atoms with van der Waals surface area (Å²) in [5, 5.41) is 3.83.